The molecule has 3 atom stereocenters. The lowest BCUT2D eigenvalue weighted by atomic mass is 9.72. The van der Waals surface area contributed by atoms with Gasteiger partial charge in [-0.05, 0) is 50.5 Å². The fourth-order valence-electron chi connectivity index (χ4n) is 4.62. The van der Waals surface area contributed by atoms with Gasteiger partial charge in [0.2, 0.25) is 0 Å². The SMILES string of the molecule is CCN(CC1CCCO1)C1(CN)CCCC(CC(C)C)C1. The molecule has 3 heteroatoms. The molecule has 21 heavy (non-hydrogen) atoms. The maximum Gasteiger partial charge on any atom is 0.0703 e. The fourth-order valence-corrected chi connectivity index (χ4v) is 4.62. The number of hydrogen-bond donors (Lipinski definition) is 1. The Labute approximate surface area is 131 Å². The predicted molar refractivity (Wildman–Crippen MR) is 89.4 cm³/mol. The molecule has 2 fully saturated rings. The zero-order valence-corrected chi connectivity index (χ0v) is 14.4. The van der Waals surface area contributed by atoms with Gasteiger partial charge in [0.25, 0.3) is 0 Å². The van der Waals surface area contributed by atoms with Crippen LogP contribution >= 0.6 is 0 Å². The van der Waals surface area contributed by atoms with Gasteiger partial charge in [0, 0.05) is 25.2 Å². The molecule has 3 nitrogen and oxygen atoms in total. The van der Waals surface area contributed by atoms with E-state index in [1.165, 1.54) is 44.9 Å². The lowest BCUT2D eigenvalue weighted by Crippen LogP contribution is -2.58. The molecule has 0 bridgehead atoms. The van der Waals surface area contributed by atoms with E-state index < -0.39 is 0 Å². The third kappa shape index (κ3) is 4.43. The van der Waals surface area contributed by atoms with Crippen molar-refractivity contribution < 1.29 is 4.74 Å². The number of ether oxygens (including phenoxy) is 1. The number of nitrogens with two attached hydrogens (primary N) is 1. The minimum Gasteiger partial charge on any atom is -0.377 e. The molecule has 1 saturated carbocycles. The first kappa shape index (κ1) is 17.2. The lowest BCUT2D eigenvalue weighted by molar-refractivity contribution is -0.00673. The van der Waals surface area contributed by atoms with Crippen LogP contribution in [0.15, 0.2) is 0 Å². The van der Waals surface area contributed by atoms with Gasteiger partial charge in [-0.2, -0.15) is 0 Å². The van der Waals surface area contributed by atoms with E-state index in [2.05, 4.69) is 25.7 Å². The van der Waals surface area contributed by atoms with Crippen LogP contribution < -0.4 is 5.73 Å². The third-order valence-electron chi connectivity index (χ3n) is 5.61. The van der Waals surface area contributed by atoms with E-state index in [9.17, 15) is 0 Å². The standard InChI is InChI=1S/C18H36N2O/c1-4-20(13-17-8-6-10-21-17)18(14-19)9-5-7-16(12-18)11-15(2)3/h15-17H,4-14,19H2,1-3H3. The van der Waals surface area contributed by atoms with Crippen LogP contribution in [-0.2, 0) is 4.74 Å². The maximum atomic E-state index is 6.30. The first-order chi connectivity index (χ1) is 10.1. The Morgan fingerprint density at radius 3 is 2.67 bits per heavy atom. The summed E-state index contributed by atoms with van der Waals surface area (Å²) in [4.78, 5) is 2.66. The molecule has 2 rings (SSSR count). The second kappa shape index (κ2) is 7.94. The summed E-state index contributed by atoms with van der Waals surface area (Å²) in [5.74, 6) is 1.66. The minimum atomic E-state index is 0.235. The molecule has 2 aliphatic rings. The van der Waals surface area contributed by atoms with Crippen LogP contribution in [0.2, 0.25) is 0 Å². The molecular weight excluding hydrogens is 260 g/mol. The summed E-state index contributed by atoms with van der Waals surface area (Å²) in [7, 11) is 0. The van der Waals surface area contributed by atoms with Gasteiger partial charge in [-0.1, -0.05) is 33.6 Å². The summed E-state index contributed by atoms with van der Waals surface area (Å²) in [6.07, 6.45) is 9.58. The van der Waals surface area contributed by atoms with E-state index >= 15 is 0 Å². The maximum absolute atomic E-state index is 6.30. The highest BCUT2D eigenvalue weighted by Crippen LogP contribution is 2.39. The van der Waals surface area contributed by atoms with Crippen molar-refractivity contribution >= 4 is 0 Å². The molecule has 0 aromatic heterocycles. The van der Waals surface area contributed by atoms with Gasteiger partial charge < -0.3 is 10.5 Å². The van der Waals surface area contributed by atoms with Gasteiger partial charge in [0.1, 0.15) is 0 Å². The Morgan fingerprint density at radius 1 is 1.29 bits per heavy atom. The molecule has 1 aliphatic heterocycles. The Balaban J connectivity index is 2.02. The average Bonchev–Trinajstić information content (AvgIpc) is 2.97. The summed E-state index contributed by atoms with van der Waals surface area (Å²) in [6.45, 7) is 10.9. The highest BCUT2D eigenvalue weighted by molar-refractivity contribution is 4.97. The van der Waals surface area contributed by atoms with E-state index in [4.69, 9.17) is 10.5 Å². The highest BCUT2D eigenvalue weighted by atomic mass is 16.5. The number of hydrogen-bond acceptors (Lipinski definition) is 3. The molecule has 0 radical (unpaired) electrons. The largest absolute Gasteiger partial charge is 0.377 e. The second-order valence-electron chi connectivity index (χ2n) is 7.69. The summed E-state index contributed by atoms with van der Waals surface area (Å²) in [5, 5.41) is 0. The van der Waals surface area contributed by atoms with Crippen molar-refractivity contribution in [3.63, 3.8) is 0 Å². The van der Waals surface area contributed by atoms with Crippen LogP contribution in [0.3, 0.4) is 0 Å². The fraction of sp³-hybridized carbons (Fsp3) is 1.00. The van der Waals surface area contributed by atoms with Crippen molar-refractivity contribution in [1.29, 1.82) is 0 Å². The molecule has 0 aromatic carbocycles. The van der Waals surface area contributed by atoms with Crippen molar-refractivity contribution in [3.05, 3.63) is 0 Å². The number of nitrogens with zero attached hydrogens (tertiary/aromatic N) is 1. The molecule has 0 amide bonds. The molecule has 3 unspecified atom stereocenters. The molecule has 0 aromatic rings. The Bertz CT molecular complexity index is 302. The quantitative estimate of drug-likeness (QED) is 0.782. The van der Waals surface area contributed by atoms with Crippen LogP contribution in [-0.4, -0.2) is 42.8 Å². The average molecular weight is 296 g/mol. The topological polar surface area (TPSA) is 38.5 Å². The van der Waals surface area contributed by atoms with Crippen LogP contribution in [0.5, 0.6) is 0 Å². The molecule has 124 valence electrons. The predicted octanol–water partition coefficient (Wildman–Crippen LogP) is 3.42. The number of rotatable bonds is 7. The van der Waals surface area contributed by atoms with Gasteiger partial charge >= 0.3 is 0 Å². The van der Waals surface area contributed by atoms with Gasteiger partial charge in [-0.3, -0.25) is 4.90 Å². The van der Waals surface area contributed by atoms with E-state index in [1.54, 1.807) is 0 Å². The number of likely N-dealkylation sites (N-methyl/N-ethyl adjacent to an activating group) is 1. The van der Waals surface area contributed by atoms with E-state index in [0.29, 0.717) is 6.10 Å². The van der Waals surface area contributed by atoms with Crippen molar-refractivity contribution in [2.24, 2.45) is 17.6 Å². The van der Waals surface area contributed by atoms with E-state index in [-0.39, 0.29) is 5.54 Å². The third-order valence-corrected chi connectivity index (χ3v) is 5.61. The van der Waals surface area contributed by atoms with Gasteiger partial charge in [-0.25, -0.2) is 0 Å². The summed E-state index contributed by atoms with van der Waals surface area (Å²) in [5.41, 5.74) is 6.53. The Morgan fingerprint density at radius 2 is 2.10 bits per heavy atom. The molecule has 2 N–H and O–H groups in total. The molecule has 1 saturated heterocycles. The van der Waals surface area contributed by atoms with E-state index in [1.807, 2.05) is 0 Å². The molecule has 1 heterocycles. The normalized spacial score (nSPS) is 34.0. The first-order valence-corrected chi connectivity index (χ1v) is 9.16. The van der Waals surface area contributed by atoms with Gasteiger partial charge in [0.15, 0.2) is 0 Å². The Kier molecular flexibility index (Phi) is 6.51. The van der Waals surface area contributed by atoms with Crippen molar-refractivity contribution in [2.75, 3.05) is 26.2 Å². The van der Waals surface area contributed by atoms with Crippen LogP contribution in [0.4, 0.5) is 0 Å². The highest BCUT2D eigenvalue weighted by Gasteiger charge is 2.40. The first-order valence-electron chi connectivity index (χ1n) is 9.16. The van der Waals surface area contributed by atoms with Gasteiger partial charge in [0.05, 0.1) is 6.10 Å². The van der Waals surface area contributed by atoms with Crippen LogP contribution in [0.25, 0.3) is 0 Å². The Hall–Kier alpha value is -0.120. The lowest BCUT2D eigenvalue weighted by Gasteiger charge is -2.49. The molecule has 1 aliphatic carbocycles. The minimum absolute atomic E-state index is 0.235. The summed E-state index contributed by atoms with van der Waals surface area (Å²) in [6, 6.07) is 0. The molecular formula is C18H36N2O. The second-order valence-corrected chi connectivity index (χ2v) is 7.69. The summed E-state index contributed by atoms with van der Waals surface area (Å²) >= 11 is 0. The van der Waals surface area contributed by atoms with Crippen molar-refractivity contribution in [2.45, 2.75) is 77.4 Å². The van der Waals surface area contributed by atoms with Crippen molar-refractivity contribution in [1.82, 2.24) is 4.90 Å². The zero-order valence-electron chi connectivity index (χ0n) is 14.4. The smallest absolute Gasteiger partial charge is 0.0703 e. The van der Waals surface area contributed by atoms with Crippen LogP contribution in [0, 0.1) is 11.8 Å². The monoisotopic (exact) mass is 296 g/mol. The summed E-state index contributed by atoms with van der Waals surface area (Å²) < 4.78 is 5.87. The van der Waals surface area contributed by atoms with Crippen LogP contribution in [0.1, 0.15) is 65.7 Å². The van der Waals surface area contributed by atoms with Crippen molar-refractivity contribution in [3.8, 4) is 0 Å². The molecule has 0 spiro atoms. The van der Waals surface area contributed by atoms with E-state index in [0.717, 1.165) is 38.1 Å². The van der Waals surface area contributed by atoms with Gasteiger partial charge in [-0.15, -0.1) is 0 Å². The zero-order chi connectivity index (χ0) is 15.3.